The Morgan fingerprint density at radius 3 is 2.64 bits per heavy atom. The number of halogens is 1. The van der Waals surface area contributed by atoms with Gasteiger partial charge in [-0.05, 0) is 41.3 Å². The SMILES string of the molecule is CCc1ccc(-c2cc3c([nH]2)CCNC3=O)cc1-c1ccccc1F. The standard InChI is InChI=1S/C21H19FN2O/c1-2-13-7-8-14(11-16(13)15-5-3-4-6-18(15)22)20-12-17-19(24-20)9-10-23-21(17)25/h3-8,11-12,24H,2,9-10H2,1H3,(H,23,25). The monoisotopic (exact) mass is 334 g/mol. The lowest BCUT2D eigenvalue weighted by Crippen LogP contribution is -2.31. The molecule has 25 heavy (non-hydrogen) atoms. The minimum absolute atomic E-state index is 0.0387. The first-order valence-corrected chi connectivity index (χ1v) is 8.55. The maximum atomic E-state index is 14.3. The third kappa shape index (κ3) is 2.74. The van der Waals surface area contributed by atoms with E-state index in [9.17, 15) is 9.18 Å². The molecule has 0 fully saturated rings. The Bertz CT molecular complexity index is 958. The highest BCUT2D eigenvalue weighted by atomic mass is 19.1. The molecule has 0 atom stereocenters. The van der Waals surface area contributed by atoms with Gasteiger partial charge < -0.3 is 10.3 Å². The number of hydrogen-bond donors (Lipinski definition) is 2. The van der Waals surface area contributed by atoms with E-state index >= 15 is 0 Å². The highest BCUT2D eigenvalue weighted by Gasteiger charge is 2.20. The lowest BCUT2D eigenvalue weighted by molar-refractivity contribution is 0.0946. The Balaban J connectivity index is 1.84. The molecule has 2 heterocycles. The molecular formula is C21H19FN2O. The van der Waals surface area contributed by atoms with E-state index in [0.717, 1.165) is 40.9 Å². The molecule has 2 N–H and O–H groups in total. The van der Waals surface area contributed by atoms with Crippen LogP contribution in [0, 0.1) is 5.82 Å². The fraction of sp³-hybridized carbons (Fsp3) is 0.190. The summed E-state index contributed by atoms with van der Waals surface area (Å²) in [7, 11) is 0. The zero-order valence-corrected chi connectivity index (χ0v) is 14.0. The quantitative estimate of drug-likeness (QED) is 0.735. The number of amides is 1. The number of carbonyl (C=O) groups is 1. The second kappa shape index (κ2) is 6.20. The molecule has 3 aromatic rings. The molecule has 0 radical (unpaired) electrons. The fourth-order valence-electron chi connectivity index (χ4n) is 3.43. The molecule has 0 aliphatic carbocycles. The van der Waals surface area contributed by atoms with Crippen molar-refractivity contribution in [3.8, 4) is 22.4 Å². The van der Waals surface area contributed by atoms with Crippen LogP contribution >= 0.6 is 0 Å². The van der Waals surface area contributed by atoms with Gasteiger partial charge in [0.05, 0.1) is 5.56 Å². The van der Waals surface area contributed by atoms with Crippen LogP contribution in [0.2, 0.25) is 0 Å². The maximum Gasteiger partial charge on any atom is 0.253 e. The number of nitrogens with one attached hydrogen (secondary N) is 2. The first-order valence-electron chi connectivity index (χ1n) is 8.55. The highest BCUT2D eigenvalue weighted by molar-refractivity contribution is 5.97. The number of H-pyrrole nitrogens is 1. The molecule has 1 aliphatic heterocycles. The number of carbonyl (C=O) groups excluding carboxylic acids is 1. The van der Waals surface area contributed by atoms with Crippen LogP contribution < -0.4 is 5.32 Å². The summed E-state index contributed by atoms with van der Waals surface area (Å²) in [6.07, 6.45) is 1.63. The Morgan fingerprint density at radius 1 is 1.04 bits per heavy atom. The Hall–Kier alpha value is -2.88. The third-order valence-corrected chi connectivity index (χ3v) is 4.77. The average molecular weight is 334 g/mol. The van der Waals surface area contributed by atoms with Crippen LogP contribution in [0.15, 0.2) is 48.5 Å². The molecule has 3 nitrogen and oxygen atoms in total. The van der Waals surface area contributed by atoms with Crippen molar-refractivity contribution in [3.05, 3.63) is 71.2 Å². The molecule has 0 saturated heterocycles. The molecule has 1 amide bonds. The van der Waals surface area contributed by atoms with Crippen LogP contribution in [0.1, 0.15) is 28.5 Å². The summed E-state index contributed by atoms with van der Waals surface area (Å²) in [5.41, 5.74) is 6.12. The molecule has 0 spiro atoms. The molecule has 4 heteroatoms. The molecule has 4 rings (SSSR count). The number of benzene rings is 2. The predicted molar refractivity (Wildman–Crippen MR) is 97.0 cm³/mol. The Labute approximate surface area is 145 Å². The van der Waals surface area contributed by atoms with Crippen molar-refractivity contribution in [1.29, 1.82) is 0 Å². The summed E-state index contributed by atoms with van der Waals surface area (Å²) in [5, 5.41) is 2.86. The van der Waals surface area contributed by atoms with E-state index in [2.05, 4.69) is 17.2 Å². The Morgan fingerprint density at radius 2 is 1.88 bits per heavy atom. The van der Waals surface area contributed by atoms with Gasteiger partial charge in [-0.1, -0.05) is 37.3 Å². The number of aryl methyl sites for hydroxylation is 1. The van der Waals surface area contributed by atoms with Gasteiger partial charge in [-0.15, -0.1) is 0 Å². The van der Waals surface area contributed by atoms with Crippen molar-refractivity contribution in [2.24, 2.45) is 0 Å². The van der Waals surface area contributed by atoms with Gasteiger partial charge in [-0.3, -0.25) is 4.79 Å². The zero-order chi connectivity index (χ0) is 17.4. The van der Waals surface area contributed by atoms with Crippen LogP contribution in [0.3, 0.4) is 0 Å². The normalized spacial score (nSPS) is 13.4. The van der Waals surface area contributed by atoms with Gasteiger partial charge in [-0.25, -0.2) is 4.39 Å². The number of hydrogen-bond acceptors (Lipinski definition) is 1. The van der Waals surface area contributed by atoms with Crippen molar-refractivity contribution < 1.29 is 9.18 Å². The Kier molecular flexibility index (Phi) is 3.88. The van der Waals surface area contributed by atoms with Gasteiger partial charge in [0, 0.05) is 29.9 Å². The smallest absolute Gasteiger partial charge is 0.253 e. The van der Waals surface area contributed by atoms with Crippen molar-refractivity contribution >= 4 is 5.91 Å². The molecule has 1 aliphatic rings. The number of aromatic amines is 1. The van der Waals surface area contributed by atoms with Gasteiger partial charge in [-0.2, -0.15) is 0 Å². The predicted octanol–water partition coefficient (Wildman–Crippen LogP) is 4.34. The molecule has 2 aromatic carbocycles. The van der Waals surface area contributed by atoms with Crippen LogP contribution in [-0.4, -0.2) is 17.4 Å². The van der Waals surface area contributed by atoms with Gasteiger partial charge in [0.2, 0.25) is 0 Å². The lowest BCUT2D eigenvalue weighted by atomic mass is 9.94. The summed E-state index contributed by atoms with van der Waals surface area (Å²) in [6, 6.07) is 14.8. The molecular weight excluding hydrogens is 315 g/mol. The van der Waals surface area contributed by atoms with E-state index in [0.29, 0.717) is 17.7 Å². The maximum absolute atomic E-state index is 14.3. The zero-order valence-electron chi connectivity index (χ0n) is 14.0. The van der Waals surface area contributed by atoms with E-state index in [-0.39, 0.29) is 11.7 Å². The molecule has 0 unspecified atom stereocenters. The summed E-state index contributed by atoms with van der Waals surface area (Å²) in [4.78, 5) is 15.3. The first kappa shape index (κ1) is 15.6. The van der Waals surface area contributed by atoms with Crippen LogP contribution in [-0.2, 0) is 12.8 Å². The van der Waals surface area contributed by atoms with Crippen molar-refractivity contribution in [2.75, 3.05) is 6.54 Å². The largest absolute Gasteiger partial charge is 0.358 e. The average Bonchev–Trinajstić information content (AvgIpc) is 3.07. The minimum Gasteiger partial charge on any atom is -0.358 e. The van der Waals surface area contributed by atoms with Crippen molar-refractivity contribution in [1.82, 2.24) is 10.3 Å². The van der Waals surface area contributed by atoms with Crippen molar-refractivity contribution in [2.45, 2.75) is 19.8 Å². The van der Waals surface area contributed by atoms with Gasteiger partial charge in [0.15, 0.2) is 0 Å². The van der Waals surface area contributed by atoms with E-state index in [1.165, 1.54) is 6.07 Å². The fourth-order valence-corrected chi connectivity index (χ4v) is 3.43. The molecule has 0 bridgehead atoms. The van der Waals surface area contributed by atoms with Gasteiger partial charge in [0.1, 0.15) is 5.82 Å². The second-order valence-electron chi connectivity index (χ2n) is 6.29. The highest BCUT2D eigenvalue weighted by Crippen LogP contribution is 2.32. The van der Waals surface area contributed by atoms with Crippen LogP contribution in [0.5, 0.6) is 0 Å². The summed E-state index contributed by atoms with van der Waals surface area (Å²) in [5.74, 6) is -0.261. The molecule has 126 valence electrons. The number of fused-ring (bicyclic) bond motifs is 1. The second-order valence-corrected chi connectivity index (χ2v) is 6.29. The van der Waals surface area contributed by atoms with Crippen molar-refractivity contribution in [3.63, 3.8) is 0 Å². The minimum atomic E-state index is -0.223. The molecule has 0 saturated carbocycles. The summed E-state index contributed by atoms with van der Waals surface area (Å²) >= 11 is 0. The third-order valence-electron chi connectivity index (χ3n) is 4.77. The molecule has 1 aromatic heterocycles. The van der Waals surface area contributed by atoms with Gasteiger partial charge >= 0.3 is 0 Å². The van der Waals surface area contributed by atoms with Gasteiger partial charge in [0.25, 0.3) is 5.91 Å². The summed E-state index contributed by atoms with van der Waals surface area (Å²) < 4.78 is 14.3. The van der Waals surface area contributed by atoms with E-state index in [1.807, 2.05) is 30.3 Å². The summed E-state index contributed by atoms with van der Waals surface area (Å²) in [6.45, 7) is 2.72. The topological polar surface area (TPSA) is 44.9 Å². The van der Waals surface area contributed by atoms with E-state index in [4.69, 9.17) is 0 Å². The van der Waals surface area contributed by atoms with Crippen LogP contribution in [0.25, 0.3) is 22.4 Å². The van der Waals surface area contributed by atoms with E-state index < -0.39 is 0 Å². The number of aromatic nitrogens is 1. The van der Waals surface area contributed by atoms with Crippen LogP contribution in [0.4, 0.5) is 4.39 Å². The first-order chi connectivity index (χ1) is 12.2. The number of rotatable bonds is 3. The lowest BCUT2D eigenvalue weighted by Gasteiger charge is -2.11. The van der Waals surface area contributed by atoms with E-state index in [1.54, 1.807) is 12.1 Å².